The van der Waals surface area contributed by atoms with Crippen molar-refractivity contribution in [1.82, 2.24) is 5.32 Å². The molecular formula is C12H23NO2. The van der Waals surface area contributed by atoms with Gasteiger partial charge in [0.1, 0.15) is 0 Å². The molecule has 3 nitrogen and oxygen atoms in total. The lowest BCUT2D eigenvalue weighted by molar-refractivity contribution is 0.00532. The fourth-order valence-corrected chi connectivity index (χ4v) is 2.68. The first-order valence-corrected chi connectivity index (χ1v) is 6.26. The molecule has 3 heteroatoms. The highest BCUT2D eigenvalue weighted by molar-refractivity contribution is 4.90. The van der Waals surface area contributed by atoms with Crippen molar-refractivity contribution in [2.75, 3.05) is 7.11 Å². The minimum atomic E-state index is -0.130. The fraction of sp³-hybridized carbons (Fsp3) is 1.00. The molecule has 2 aliphatic rings. The third-order valence-corrected chi connectivity index (χ3v) is 3.86. The van der Waals surface area contributed by atoms with Crippen LogP contribution in [0.15, 0.2) is 0 Å². The van der Waals surface area contributed by atoms with Gasteiger partial charge in [0.15, 0.2) is 0 Å². The average molecular weight is 213 g/mol. The molecule has 0 bridgehead atoms. The molecule has 0 aromatic rings. The zero-order valence-electron chi connectivity index (χ0n) is 9.61. The van der Waals surface area contributed by atoms with Crippen LogP contribution < -0.4 is 5.32 Å². The van der Waals surface area contributed by atoms with Crippen molar-refractivity contribution >= 4 is 0 Å². The van der Waals surface area contributed by atoms with Crippen molar-refractivity contribution in [1.29, 1.82) is 0 Å². The van der Waals surface area contributed by atoms with Crippen LogP contribution in [0.1, 0.15) is 44.9 Å². The highest BCUT2D eigenvalue weighted by Crippen LogP contribution is 2.25. The summed E-state index contributed by atoms with van der Waals surface area (Å²) in [7, 11) is 1.78. The molecule has 2 unspecified atom stereocenters. The zero-order chi connectivity index (χ0) is 10.7. The Bertz CT molecular complexity index is 192. The molecule has 2 fully saturated rings. The van der Waals surface area contributed by atoms with Crippen molar-refractivity contribution in [3.8, 4) is 0 Å². The second-order valence-corrected chi connectivity index (χ2v) is 5.00. The van der Waals surface area contributed by atoms with Gasteiger partial charge >= 0.3 is 0 Å². The quantitative estimate of drug-likeness (QED) is 0.697. The summed E-state index contributed by atoms with van der Waals surface area (Å²) < 4.78 is 5.25. The number of ether oxygens (including phenoxy) is 1. The van der Waals surface area contributed by atoms with Crippen molar-refractivity contribution < 1.29 is 9.84 Å². The first-order chi connectivity index (χ1) is 7.29. The van der Waals surface area contributed by atoms with Crippen LogP contribution in [0.4, 0.5) is 0 Å². The highest BCUT2D eigenvalue weighted by Gasteiger charge is 2.32. The Balaban J connectivity index is 1.73. The molecule has 0 aliphatic heterocycles. The monoisotopic (exact) mass is 213 g/mol. The van der Waals surface area contributed by atoms with E-state index in [-0.39, 0.29) is 6.10 Å². The third-order valence-electron chi connectivity index (χ3n) is 3.86. The Morgan fingerprint density at radius 2 is 1.87 bits per heavy atom. The molecule has 2 atom stereocenters. The molecule has 88 valence electrons. The van der Waals surface area contributed by atoms with E-state index in [9.17, 15) is 5.11 Å². The van der Waals surface area contributed by atoms with Crippen molar-refractivity contribution in [2.45, 2.75) is 69.2 Å². The minimum Gasteiger partial charge on any atom is -0.392 e. The van der Waals surface area contributed by atoms with Crippen LogP contribution in [0, 0.1) is 0 Å². The number of rotatable bonds is 3. The van der Waals surface area contributed by atoms with Gasteiger partial charge in [0.2, 0.25) is 0 Å². The fourth-order valence-electron chi connectivity index (χ4n) is 2.68. The van der Waals surface area contributed by atoms with Gasteiger partial charge in [-0.15, -0.1) is 0 Å². The Hall–Kier alpha value is -0.120. The van der Waals surface area contributed by atoms with E-state index in [2.05, 4.69) is 5.32 Å². The summed E-state index contributed by atoms with van der Waals surface area (Å²) in [5.41, 5.74) is 0. The van der Waals surface area contributed by atoms with E-state index < -0.39 is 0 Å². The normalized spacial score (nSPS) is 42.0. The lowest BCUT2D eigenvalue weighted by atomic mass is 9.88. The van der Waals surface area contributed by atoms with E-state index in [4.69, 9.17) is 4.74 Å². The van der Waals surface area contributed by atoms with Crippen LogP contribution in [0.5, 0.6) is 0 Å². The lowest BCUT2D eigenvalue weighted by Gasteiger charge is -2.38. The van der Waals surface area contributed by atoms with E-state index in [1.165, 1.54) is 19.3 Å². The minimum absolute atomic E-state index is 0.130. The van der Waals surface area contributed by atoms with Gasteiger partial charge in [0.25, 0.3) is 0 Å². The number of aliphatic hydroxyl groups is 1. The third kappa shape index (κ3) is 2.92. The maximum Gasteiger partial charge on any atom is 0.0693 e. The van der Waals surface area contributed by atoms with Crippen molar-refractivity contribution in [3.63, 3.8) is 0 Å². The SMILES string of the molecule is COC1CC(NC2CCCCCC2O)C1. The summed E-state index contributed by atoms with van der Waals surface area (Å²) in [5, 5.41) is 13.5. The molecule has 2 rings (SSSR count). The Kier molecular flexibility index (Phi) is 4.00. The Labute approximate surface area is 92.2 Å². The Morgan fingerprint density at radius 3 is 2.60 bits per heavy atom. The first-order valence-electron chi connectivity index (χ1n) is 6.26. The largest absolute Gasteiger partial charge is 0.392 e. The van der Waals surface area contributed by atoms with Crippen LogP contribution in [0.25, 0.3) is 0 Å². The van der Waals surface area contributed by atoms with Gasteiger partial charge in [-0.3, -0.25) is 0 Å². The van der Waals surface area contributed by atoms with Crippen LogP contribution in [-0.4, -0.2) is 36.5 Å². The van der Waals surface area contributed by atoms with Gasteiger partial charge in [-0.25, -0.2) is 0 Å². The van der Waals surface area contributed by atoms with E-state index in [1.54, 1.807) is 7.11 Å². The molecular weight excluding hydrogens is 190 g/mol. The van der Waals surface area contributed by atoms with Crippen molar-refractivity contribution in [3.05, 3.63) is 0 Å². The van der Waals surface area contributed by atoms with Crippen LogP contribution >= 0.6 is 0 Å². The molecule has 0 radical (unpaired) electrons. The standard InChI is InChI=1S/C12H23NO2/c1-15-10-7-9(8-10)13-11-5-3-2-4-6-12(11)14/h9-14H,2-8H2,1H3. The molecule has 0 heterocycles. The number of nitrogens with one attached hydrogen (secondary N) is 1. The summed E-state index contributed by atoms with van der Waals surface area (Å²) in [5.74, 6) is 0. The summed E-state index contributed by atoms with van der Waals surface area (Å²) in [6.07, 6.45) is 8.37. The topological polar surface area (TPSA) is 41.5 Å². The molecule has 15 heavy (non-hydrogen) atoms. The number of hydrogen-bond donors (Lipinski definition) is 2. The van der Waals surface area contributed by atoms with Gasteiger partial charge in [0, 0.05) is 19.2 Å². The second kappa shape index (κ2) is 5.28. The van der Waals surface area contributed by atoms with Gasteiger partial charge in [-0.1, -0.05) is 19.3 Å². The maximum absolute atomic E-state index is 9.95. The molecule has 2 aliphatic carbocycles. The Morgan fingerprint density at radius 1 is 1.13 bits per heavy atom. The molecule has 2 N–H and O–H groups in total. The maximum atomic E-state index is 9.95. The van der Waals surface area contributed by atoms with E-state index in [0.717, 1.165) is 25.7 Å². The number of aliphatic hydroxyl groups excluding tert-OH is 1. The van der Waals surface area contributed by atoms with Crippen molar-refractivity contribution in [2.24, 2.45) is 0 Å². The van der Waals surface area contributed by atoms with Gasteiger partial charge < -0.3 is 15.2 Å². The molecule has 0 spiro atoms. The molecule has 0 aromatic carbocycles. The van der Waals surface area contributed by atoms with E-state index in [0.29, 0.717) is 18.2 Å². The van der Waals surface area contributed by atoms with Gasteiger partial charge in [-0.05, 0) is 25.7 Å². The van der Waals surface area contributed by atoms with Crippen LogP contribution in [-0.2, 0) is 4.74 Å². The average Bonchev–Trinajstić information content (AvgIpc) is 2.37. The summed E-state index contributed by atoms with van der Waals surface area (Å²) in [6.45, 7) is 0. The molecule has 0 aromatic heterocycles. The van der Waals surface area contributed by atoms with Crippen LogP contribution in [0.2, 0.25) is 0 Å². The predicted octanol–water partition coefficient (Wildman–Crippen LogP) is 1.45. The second-order valence-electron chi connectivity index (χ2n) is 5.00. The van der Waals surface area contributed by atoms with E-state index in [1.807, 2.05) is 0 Å². The zero-order valence-corrected chi connectivity index (χ0v) is 9.61. The summed E-state index contributed by atoms with van der Waals surface area (Å²) >= 11 is 0. The molecule has 0 amide bonds. The molecule has 0 saturated heterocycles. The highest BCUT2D eigenvalue weighted by atomic mass is 16.5. The van der Waals surface area contributed by atoms with Crippen LogP contribution in [0.3, 0.4) is 0 Å². The van der Waals surface area contributed by atoms with E-state index >= 15 is 0 Å². The lowest BCUT2D eigenvalue weighted by Crippen LogP contribution is -2.52. The van der Waals surface area contributed by atoms with Gasteiger partial charge in [0.05, 0.1) is 12.2 Å². The summed E-state index contributed by atoms with van der Waals surface area (Å²) in [6, 6.07) is 0.906. The first kappa shape index (κ1) is 11.4. The summed E-state index contributed by atoms with van der Waals surface area (Å²) in [4.78, 5) is 0. The number of hydrogen-bond acceptors (Lipinski definition) is 3. The smallest absolute Gasteiger partial charge is 0.0693 e. The van der Waals surface area contributed by atoms with Gasteiger partial charge in [-0.2, -0.15) is 0 Å². The number of methoxy groups -OCH3 is 1. The predicted molar refractivity (Wildman–Crippen MR) is 59.8 cm³/mol. The molecule has 2 saturated carbocycles.